The van der Waals surface area contributed by atoms with E-state index in [2.05, 4.69) is 10.4 Å². The number of aryl methyl sites for hydroxylation is 2. The molecule has 0 atom stereocenters. The van der Waals surface area contributed by atoms with Crippen molar-refractivity contribution < 1.29 is 14.6 Å². The number of benzene rings is 2. The van der Waals surface area contributed by atoms with E-state index in [1.807, 2.05) is 49.0 Å². The van der Waals surface area contributed by atoms with Crippen LogP contribution in [0.3, 0.4) is 0 Å². The maximum atomic E-state index is 11.6. The molecule has 0 saturated heterocycles. The smallest absolute Gasteiger partial charge is 0.262 e. The standard InChI is InChI=1S/C19H17N3O3/c1-11-18(12-3-6-14(23)7-4-12)19(22(2)21-11)13-5-8-16-15(9-13)20-17(24)10-25-16/h3-9,23H,10H2,1-2H3,(H,20,24). The van der Waals surface area contributed by atoms with Gasteiger partial charge in [-0.05, 0) is 42.8 Å². The number of aromatic hydroxyl groups is 1. The van der Waals surface area contributed by atoms with E-state index in [1.54, 1.807) is 12.1 Å². The van der Waals surface area contributed by atoms with Crippen LogP contribution in [0.4, 0.5) is 5.69 Å². The third kappa shape index (κ3) is 2.61. The second-order valence-corrected chi connectivity index (χ2v) is 6.03. The van der Waals surface area contributed by atoms with E-state index in [-0.39, 0.29) is 18.3 Å². The lowest BCUT2D eigenvalue weighted by molar-refractivity contribution is -0.118. The molecule has 2 heterocycles. The summed E-state index contributed by atoms with van der Waals surface area (Å²) in [5.74, 6) is 0.721. The maximum absolute atomic E-state index is 11.6. The van der Waals surface area contributed by atoms with Crippen molar-refractivity contribution in [1.29, 1.82) is 0 Å². The quantitative estimate of drug-likeness (QED) is 0.754. The van der Waals surface area contributed by atoms with Crippen LogP contribution < -0.4 is 10.1 Å². The Morgan fingerprint density at radius 1 is 1.16 bits per heavy atom. The molecule has 2 N–H and O–H groups in total. The summed E-state index contributed by atoms with van der Waals surface area (Å²) in [4.78, 5) is 11.6. The van der Waals surface area contributed by atoms with Gasteiger partial charge in [-0.15, -0.1) is 0 Å². The van der Waals surface area contributed by atoms with Crippen molar-refractivity contribution in [3.8, 4) is 33.9 Å². The molecule has 0 bridgehead atoms. The second-order valence-electron chi connectivity index (χ2n) is 6.03. The lowest BCUT2D eigenvalue weighted by Gasteiger charge is -2.19. The van der Waals surface area contributed by atoms with Crippen LogP contribution in [0, 0.1) is 6.92 Å². The van der Waals surface area contributed by atoms with Gasteiger partial charge in [0.25, 0.3) is 5.91 Å². The molecule has 0 fully saturated rings. The van der Waals surface area contributed by atoms with Crippen molar-refractivity contribution in [3.63, 3.8) is 0 Å². The zero-order chi connectivity index (χ0) is 17.6. The molecule has 1 aliphatic heterocycles. The number of ether oxygens (including phenoxy) is 1. The molecule has 2 aromatic carbocycles. The fourth-order valence-electron chi connectivity index (χ4n) is 3.19. The van der Waals surface area contributed by atoms with Crippen LogP contribution >= 0.6 is 0 Å². The fraction of sp³-hybridized carbons (Fsp3) is 0.158. The molecule has 0 aliphatic carbocycles. The lowest BCUT2D eigenvalue weighted by atomic mass is 9.98. The van der Waals surface area contributed by atoms with Gasteiger partial charge in [0.1, 0.15) is 11.5 Å². The highest BCUT2D eigenvalue weighted by molar-refractivity contribution is 5.96. The number of hydrogen-bond acceptors (Lipinski definition) is 4. The summed E-state index contributed by atoms with van der Waals surface area (Å²) in [7, 11) is 1.89. The Balaban J connectivity index is 1.87. The topological polar surface area (TPSA) is 76.4 Å². The number of amides is 1. The monoisotopic (exact) mass is 335 g/mol. The molecule has 0 saturated carbocycles. The molecule has 6 nitrogen and oxygen atoms in total. The van der Waals surface area contributed by atoms with E-state index < -0.39 is 0 Å². The highest BCUT2D eigenvalue weighted by atomic mass is 16.5. The van der Waals surface area contributed by atoms with Crippen LogP contribution in [0.2, 0.25) is 0 Å². The number of phenols is 1. The van der Waals surface area contributed by atoms with Crippen molar-refractivity contribution in [2.45, 2.75) is 6.92 Å². The first kappa shape index (κ1) is 15.3. The highest BCUT2D eigenvalue weighted by Gasteiger charge is 2.21. The van der Waals surface area contributed by atoms with Gasteiger partial charge in [-0.1, -0.05) is 12.1 Å². The second kappa shape index (κ2) is 5.66. The number of nitrogens with one attached hydrogen (secondary N) is 1. The molecule has 1 aliphatic rings. The zero-order valence-electron chi connectivity index (χ0n) is 13.9. The first-order chi connectivity index (χ1) is 12.0. The minimum atomic E-state index is -0.162. The van der Waals surface area contributed by atoms with Crippen molar-refractivity contribution in [2.75, 3.05) is 11.9 Å². The Morgan fingerprint density at radius 2 is 1.88 bits per heavy atom. The van der Waals surface area contributed by atoms with E-state index in [9.17, 15) is 9.90 Å². The Morgan fingerprint density at radius 3 is 2.64 bits per heavy atom. The fourth-order valence-corrected chi connectivity index (χ4v) is 3.19. The molecule has 3 aromatic rings. The van der Waals surface area contributed by atoms with E-state index in [0.29, 0.717) is 11.4 Å². The summed E-state index contributed by atoms with van der Waals surface area (Å²) in [6.45, 7) is 1.99. The van der Waals surface area contributed by atoms with Gasteiger partial charge in [0.2, 0.25) is 0 Å². The number of phenolic OH excluding ortho intramolecular Hbond substituents is 1. The third-order valence-electron chi connectivity index (χ3n) is 4.26. The van der Waals surface area contributed by atoms with Crippen molar-refractivity contribution in [2.24, 2.45) is 7.05 Å². The molecule has 126 valence electrons. The Labute approximate surface area is 144 Å². The first-order valence-corrected chi connectivity index (χ1v) is 7.93. The molecule has 6 heteroatoms. The lowest BCUT2D eigenvalue weighted by Crippen LogP contribution is -2.25. The summed E-state index contributed by atoms with van der Waals surface area (Å²) >= 11 is 0. The largest absolute Gasteiger partial charge is 0.508 e. The van der Waals surface area contributed by atoms with E-state index in [4.69, 9.17) is 4.74 Å². The molecule has 0 spiro atoms. The number of nitrogens with zero attached hydrogens (tertiary/aromatic N) is 2. The van der Waals surface area contributed by atoms with Gasteiger partial charge in [0.05, 0.1) is 17.1 Å². The van der Waals surface area contributed by atoms with E-state index in [1.165, 1.54) is 0 Å². The molecular formula is C19H17N3O3. The number of hydrogen-bond donors (Lipinski definition) is 2. The van der Waals surface area contributed by atoms with Gasteiger partial charge < -0.3 is 15.2 Å². The first-order valence-electron chi connectivity index (χ1n) is 7.93. The number of carbonyl (C=O) groups excluding carboxylic acids is 1. The number of aromatic nitrogens is 2. The van der Waals surface area contributed by atoms with Gasteiger partial charge in [-0.3, -0.25) is 9.48 Å². The molecule has 1 amide bonds. The predicted octanol–water partition coefficient (Wildman–Crippen LogP) is 3.10. The molecular weight excluding hydrogens is 318 g/mol. The summed E-state index contributed by atoms with van der Waals surface area (Å²) < 4.78 is 7.25. The van der Waals surface area contributed by atoms with Gasteiger partial charge in [0, 0.05) is 18.2 Å². The maximum Gasteiger partial charge on any atom is 0.262 e. The molecule has 25 heavy (non-hydrogen) atoms. The highest BCUT2D eigenvalue weighted by Crippen LogP contribution is 2.38. The number of fused-ring (bicyclic) bond motifs is 1. The van der Waals surface area contributed by atoms with Crippen LogP contribution in [-0.4, -0.2) is 27.4 Å². The van der Waals surface area contributed by atoms with Crippen LogP contribution in [0.1, 0.15) is 5.69 Å². The summed E-state index contributed by atoms with van der Waals surface area (Å²) in [5, 5.41) is 16.9. The Bertz CT molecular complexity index is 974. The van der Waals surface area contributed by atoms with Gasteiger partial charge in [0.15, 0.2) is 6.61 Å². The average Bonchev–Trinajstić information content (AvgIpc) is 2.89. The summed E-state index contributed by atoms with van der Waals surface area (Å²) in [6.07, 6.45) is 0. The van der Waals surface area contributed by atoms with E-state index in [0.717, 1.165) is 28.1 Å². The summed E-state index contributed by atoms with van der Waals surface area (Å²) in [5.41, 5.74) is 5.37. The average molecular weight is 335 g/mol. The zero-order valence-corrected chi connectivity index (χ0v) is 13.9. The molecule has 0 unspecified atom stereocenters. The van der Waals surface area contributed by atoms with Gasteiger partial charge in [-0.25, -0.2) is 0 Å². The van der Waals surface area contributed by atoms with Crippen molar-refractivity contribution >= 4 is 11.6 Å². The van der Waals surface area contributed by atoms with Crippen molar-refractivity contribution in [3.05, 3.63) is 48.2 Å². The van der Waals surface area contributed by atoms with Crippen LogP contribution in [0.25, 0.3) is 22.4 Å². The SMILES string of the molecule is Cc1nn(C)c(-c2ccc3c(c2)NC(=O)CO3)c1-c1ccc(O)cc1. The molecule has 0 radical (unpaired) electrons. The molecule has 1 aromatic heterocycles. The Hall–Kier alpha value is -3.28. The minimum Gasteiger partial charge on any atom is -0.508 e. The predicted molar refractivity (Wildman–Crippen MR) is 94.6 cm³/mol. The van der Waals surface area contributed by atoms with E-state index >= 15 is 0 Å². The number of carbonyl (C=O) groups is 1. The Kier molecular flexibility index (Phi) is 3.46. The third-order valence-corrected chi connectivity index (χ3v) is 4.26. The van der Waals surface area contributed by atoms with Crippen LogP contribution in [-0.2, 0) is 11.8 Å². The normalized spacial score (nSPS) is 13.1. The summed E-state index contributed by atoms with van der Waals surface area (Å²) in [6, 6.07) is 12.8. The van der Waals surface area contributed by atoms with Crippen LogP contribution in [0.15, 0.2) is 42.5 Å². The van der Waals surface area contributed by atoms with Crippen molar-refractivity contribution in [1.82, 2.24) is 9.78 Å². The molecule has 4 rings (SSSR count). The number of anilines is 1. The van der Waals surface area contributed by atoms with Gasteiger partial charge >= 0.3 is 0 Å². The van der Waals surface area contributed by atoms with Gasteiger partial charge in [-0.2, -0.15) is 5.10 Å². The minimum absolute atomic E-state index is 0.0376. The van der Waals surface area contributed by atoms with Crippen LogP contribution in [0.5, 0.6) is 11.5 Å². The number of rotatable bonds is 2.